The van der Waals surface area contributed by atoms with Crippen LogP contribution in [0.1, 0.15) is 43.9 Å². The third kappa shape index (κ3) is 2.05. The zero-order chi connectivity index (χ0) is 17.7. The van der Waals surface area contributed by atoms with Gasteiger partial charge in [-0.05, 0) is 49.0 Å². The lowest BCUT2D eigenvalue weighted by Crippen LogP contribution is -2.45. The first-order chi connectivity index (χ1) is 12.7. The van der Waals surface area contributed by atoms with Crippen molar-refractivity contribution < 1.29 is 4.42 Å². The zero-order valence-electron chi connectivity index (χ0n) is 15.4. The van der Waals surface area contributed by atoms with Crippen molar-refractivity contribution in [2.45, 2.75) is 44.7 Å². The normalized spacial score (nSPS) is 25.2. The van der Waals surface area contributed by atoms with Crippen molar-refractivity contribution in [1.29, 1.82) is 0 Å². The van der Waals surface area contributed by atoms with Crippen molar-refractivity contribution in [2.75, 3.05) is 4.90 Å². The van der Waals surface area contributed by atoms with E-state index in [1.807, 2.05) is 0 Å². The Kier molecular flexibility index (Phi) is 3.49. The van der Waals surface area contributed by atoms with Gasteiger partial charge in [0.05, 0.1) is 0 Å². The number of fused-ring (bicyclic) bond motifs is 4. The summed E-state index contributed by atoms with van der Waals surface area (Å²) in [4.78, 5) is 2.54. The molecule has 2 aliphatic rings. The molecule has 0 N–H and O–H groups in total. The molecule has 1 fully saturated rings. The maximum atomic E-state index is 6.49. The van der Waals surface area contributed by atoms with E-state index in [4.69, 9.17) is 4.42 Å². The van der Waals surface area contributed by atoms with E-state index in [0.29, 0.717) is 0 Å². The highest BCUT2D eigenvalue weighted by atomic mass is 16.3. The van der Waals surface area contributed by atoms with Gasteiger partial charge in [0.2, 0.25) is 0 Å². The van der Waals surface area contributed by atoms with Crippen molar-refractivity contribution >= 4 is 16.7 Å². The van der Waals surface area contributed by atoms with E-state index in [2.05, 4.69) is 73.0 Å². The van der Waals surface area contributed by atoms with E-state index in [9.17, 15) is 0 Å². The molecular weight excluding hydrogens is 318 g/mol. The van der Waals surface area contributed by atoms with Crippen LogP contribution in [-0.4, -0.2) is 0 Å². The summed E-state index contributed by atoms with van der Waals surface area (Å²) < 4.78 is 6.49. The monoisotopic (exact) mass is 343 g/mol. The molecule has 0 bridgehead atoms. The number of rotatable bonds is 2. The number of benzene rings is 2. The van der Waals surface area contributed by atoms with E-state index in [-0.39, 0.29) is 5.54 Å². The lowest BCUT2D eigenvalue weighted by atomic mass is 9.71. The molecule has 1 saturated carbocycles. The molecule has 2 heterocycles. The molecule has 26 heavy (non-hydrogen) atoms. The maximum Gasteiger partial charge on any atom is 0.140 e. The molecule has 132 valence electrons. The van der Waals surface area contributed by atoms with Crippen LogP contribution < -0.4 is 4.90 Å². The van der Waals surface area contributed by atoms with Crippen molar-refractivity contribution in [3.05, 3.63) is 78.1 Å². The van der Waals surface area contributed by atoms with Crippen molar-refractivity contribution in [1.82, 2.24) is 0 Å². The highest BCUT2D eigenvalue weighted by Gasteiger charge is 2.52. The molecule has 2 nitrogen and oxygen atoms in total. The Balaban J connectivity index is 1.71. The quantitative estimate of drug-likeness (QED) is 0.500. The summed E-state index contributed by atoms with van der Waals surface area (Å²) >= 11 is 0. The van der Waals surface area contributed by atoms with Gasteiger partial charge in [0, 0.05) is 23.2 Å². The molecular formula is C24H25NO. The molecule has 5 rings (SSSR count). The highest BCUT2D eigenvalue weighted by molar-refractivity contribution is 5.85. The van der Waals surface area contributed by atoms with Crippen molar-refractivity contribution in [3.63, 3.8) is 0 Å². The predicted octanol–water partition coefficient (Wildman–Crippen LogP) is 6.41. The van der Waals surface area contributed by atoms with E-state index >= 15 is 0 Å². The summed E-state index contributed by atoms with van der Waals surface area (Å²) in [6.45, 7) is 7.78. The van der Waals surface area contributed by atoms with Crippen LogP contribution in [0.25, 0.3) is 11.0 Å². The summed E-state index contributed by atoms with van der Waals surface area (Å²) in [7, 11) is 0. The van der Waals surface area contributed by atoms with Gasteiger partial charge in [-0.1, -0.05) is 56.3 Å². The minimum atomic E-state index is -0.193. The fourth-order valence-electron chi connectivity index (χ4n) is 5.08. The molecule has 0 radical (unpaired) electrons. The Morgan fingerprint density at radius 3 is 2.65 bits per heavy atom. The van der Waals surface area contributed by atoms with Gasteiger partial charge in [-0.15, -0.1) is 0 Å². The second-order valence-electron chi connectivity index (χ2n) is 7.81. The van der Waals surface area contributed by atoms with Gasteiger partial charge in [-0.25, -0.2) is 0 Å². The zero-order valence-corrected chi connectivity index (χ0v) is 15.4. The van der Waals surface area contributed by atoms with E-state index in [1.165, 1.54) is 35.1 Å². The molecule has 2 atom stereocenters. The molecule has 2 heteroatoms. The fraction of sp³-hybridized carbons (Fsp3) is 0.333. The van der Waals surface area contributed by atoms with Crippen molar-refractivity contribution in [3.8, 4) is 0 Å². The number of hydrogen-bond acceptors (Lipinski definition) is 2. The Hall–Kier alpha value is -2.48. The number of nitrogens with zero attached hydrogens (tertiary/aromatic N) is 1. The maximum absolute atomic E-state index is 6.49. The molecule has 1 aromatic heterocycles. The number of para-hydroxylation sites is 2. The summed E-state index contributed by atoms with van der Waals surface area (Å²) in [6.07, 6.45) is 4.64. The number of furan rings is 1. The molecule has 0 amide bonds. The average molecular weight is 343 g/mol. The molecule has 1 aliphatic carbocycles. The SMILES string of the molecule is C=C1CC(CC)CCC12c1oc3ccccc3c1CN2c1ccccc1. The summed E-state index contributed by atoms with van der Waals surface area (Å²) in [5, 5.41) is 1.26. The summed E-state index contributed by atoms with van der Waals surface area (Å²) in [5.41, 5.74) is 4.74. The van der Waals surface area contributed by atoms with Crippen molar-refractivity contribution in [2.24, 2.45) is 5.92 Å². The van der Waals surface area contributed by atoms with Gasteiger partial charge in [0.1, 0.15) is 16.9 Å². The van der Waals surface area contributed by atoms with Crippen LogP contribution in [0.4, 0.5) is 5.69 Å². The smallest absolute Gasteiger partial charge is 0.140 e. The van der Waals surface area contributed by atoms with Crippen LogP contribution in [0.15, 0.2) is 71.2 Å². The van der Waals surface area contributed by atoms with Gasteiger partial charge < -0.3 is 9.32 Å². The van der Waals surface area contributed by atoms with Gasteiger partial charge in [0.15, 0.2) is 0 Å². The van der Waals surface area contributed by atoms with Gasteiger partial charge in [0.25, 0.3) is 0 Å². The van der Waals surface area contributed by atoms with Crippen LogP contribution in [0.5, 0.6) is 0 Å². The summed E-state index contributed by atoms with van der Waals surface area (Å²) in [6, 6.07) is 19.2. The molecule has 3 aromatic rings. The molecule has 0 saturated heterocycles. The van der Waals surface area contributed by atoms with Crippen LogP contribution in [0, 0.1) is 5.92 Å². The minimum Gasteiger partial charge on any atom is -0.458 e. The first kappa shape index (κ1) is 15.7. The third-order valence-corrected chi connectivity index (χ3v) is 6.53. The largest absolute Gasteiger partial charge is 0.458 e. The topological polar surface area (TPSA) is 16.4 Å². The molecule has 1 spiro atoms. The second-order valence-corrected chi connectivity index (χ2v) is 7.81. The standard InChI is InChI=1S/C24H25NO/c1-3-18-13-14-24(17(2)15-18)23-21(20-11-7-8-12-22(20)26-23)16-25(24)19-9-5-4-6-10-19/h4-12,18H,2-3,13-16H2,1H3. The summed E-state index contributed by atoms with van der Waals surface area (Å²) in [5.74, 6) is 1.89. The minimum absolute atomic E-state index is 0.193. The first-order valence-corrected chi connectivity index (χ1v) is 9.76. The lowest BCUT2D eigenvalue weighted by Gasteiger charge is -2.45. The highest BCUT2D eigenvalue weighted by Crippen LogP contribution is 2.56. The van der Waals surface area contributed by atoms with E-state index in [0.717, 1.165) is 36.6 Å². The molecule has 2 aromatic carbocycles. The van der Waals surface area contributed by atoms with Crippen LogP contribution >= 0.6 is 0 Å². The predicted molar refractivity (Wildman–Crippen MR) is 107 cm³/mol. The first-order valence-electron chi connectivity index (χ1n) is 9.76. The van der Waals surface area contributed by atoms with Crippen LogP contribution in [0.3, 0.4) is 0 Å². The Morgan fingerprint density at radius 2 is 1.88 bits per heavy atom. The Morgan fingerprint density at radius 1 is 1.12 bits per heavy atom. The van der Waals surface area contributed by atoms with E-state index in [1.54, 1.807) is 0 Å². The Bertz CT molecular complexity index is 970. The van der Waals surface area contributed by atoms with Gasteiger partial charge in [-0.2, -0.15) is 0 Å². The Labute approximate surface area is 155 Å². The van der Waals surface area contributed by atoms with Crippen LogP contribution in [-0.2, 0) is 12.1 Å². The third-order valence-electron chi connectivity index (χ3n) is 6.53. The number of anilines is 1. The fourth-order valence-corrected chi connectivity index (χ4v) is 5.08. The van der Waals surface area contributed by atoms with Gasteiger partial charge >= 0.3 is 0 Å². The van der Waals surface area contributed by atoms with E-state index < -0.39 is 0 Å². The average Bonchev–Trinajstić information content (AvgIpc) is 3.20. The number of hydrogen-bond donors (Lipinski definition) is 0. The lowest BCUT2D eigenvalue weighted by molar-refractivity contribution is 0.273. The molecule has 2 unspecified atom stereocenters. The van der Waals surface area contributed by atoms with Gasteiger partial charge in [-0.3, -0.25) is 0 Å². The second kappa shape index (κ2) is 5.77. The molecule has 1 aliphatic heterocycles. The van der Waals surface area contributed by atoms with Crippen LogP contribution in [0.2, 0.25) is 0 Å².